The largest absolute Gasteiger partial charge is 0.339 e. The molecular formula is C16H20Cl2N2O. The van der Waals surface area contributed by atoms with Crippen molar-refractivity contribution in [3.05, 3.63) is 33.8 Å². The van der Waals surface area contributed by atoms with Crippen molar-refractivity contribution >= 4 is 29.1 Å². The molecule has 2 heterocycles. The lowest BCUT2D eigenvalue weighted by atomic mass is 9.71. The number of carbonyl (C=O) groups excluding carboxylic acids is 1. The minimum absolute atomic E-state index is 0.00582. The Morgan fingerprint density at radius 3 is 2.43 bits per heavy atom. The highest BCUT2D eigenvalue weighted by atomic mass is 35.5. The summed E-state index contributed by atoms with van der Waals surface area (Å²) in [4.78, 5) is 14.5. The normalized spacial score (nSPS) is 21.5. The molecule has 114 valence electrons. The van der Waals surface area contributed by atoms with Crippen LogP contribution in [0.3, 0.4) is 0 Å². The summed E-state index contributed by atoms with van der Waals surface area (Å²) < 4.78 is 0. The van der Waals surface area contributed by atoms with Gasteiger partial charge in [-0.2, -0.15) is 0 Å². The third kappa shape index (κ3) is 3.20. The quantitative estimate of drug-likeness (QED) is 0.855. The first kappa shape index (κ1) is 15.1. The number of piperidine rings is 2. The van der Waals surface area contributed by atoms with Gasteiger partial charge in [-0.3, -0.25) is 4.79 Å². The molecule has 2 saturated heterocycles. The Morgan fingerprint density at radius 2 is 1.76 bits per heavy atom. The highest BCUT2D eigenvalue weighted by Crippen LogP contribution is 2.40. The standard InChI is InChI=1S/C16H20Cl2N2O/c17-12-1-2-14(18)13(11-12)15(21)20-9-5-16(6-10-20)3-7-19-8-4-16/h1-2,11,19H,3-10H2. The van der Waals surface area contributed by atoms with Crippen molar-refractivity contribution in [3.63, 3.8) is 0 Å². The topological polar surface area (TPSA) is 32.3 Å². The third-order valence-electron chi connectivity index (χ3n) is 4.93. The number of nitrogens with one attached hydrogen (secondary N) is 1. The van der Waals surface area contributed by atoms with Gasteiger partial charge in [-0.05, 0) is 62.4 Å². The van der Waals surface area contributed by atoms with E-state index < -0.39 is 0 Å². The predicted octanol–water partition coefficient (Wildman–Crippen LogP) is 3.60. The van der Waals surface area contributed by atoms with Gasteiger partial charge in [0, 0.05) is 18.1 Å². The van der Waals surface area contributed by atoms with E-state index in [1.54, 1.807) is 18.2 Å². The van der Waals surface area contributed by atoms with Gasteiger partial charge in [0.05, 0.1) is 10.6 Å². The lowest BCUT2D eigenvalue weighted by Crippen LogP contribution is -2.47. The van der Waals surface area contributed by atoms with Crippen molar-refractivity contribution in [1.29, 1.82) is 0 Å². The second-order valence-corrected chi connectivity index (χ2v) is 7.01. The van der Waals surface area contributed by atoms with E-state index in [9.17, 15) is 4.79 Å². The van der Waals surface area contributed by atoms with E-state index in [1.165, 1.54) is 12.8 Å². The Labute approximate surface area is 135 Å². The molecule has 0 bridgehead atoms. The van der Waals surface area contributed by atoms with E-state index >= 15 is 0 Å². The first-order valence-electron chi connectivity index (χ1n) is 7.55. The monoisotopic (exact) mass is 326 g/mol. The molecule has 21 heavy (non-hydrogen) atoms. The number of benzene rings is 1. The summed E-state index contributed by atoms with van der Waals surface area (Å²) in [6, 6.07) is 5.07. The molecule has 1 aromatic rings. The number of nitrogens with zero attached hydrogens (tertiary/aromatic N) is 1. The summed E-state index contributed by atoms with van der Waals surface area (Å²) in [5.74, 6) is 0.00582. The summed E-state index contributed by atoms with van der Waals surface area (Å²) in [7, 11) is 0. The Kier molecular flexibility index (Phi) is 4.43. The van der Waals surface area contributed by atoms with Gasteiger partial charge in [-0.25, -0.2) is 0 Å². The van der Waals surface area contributed by atoms with Crippen molar-refractivity contribution in [1.82, 2.24) is 10.2 Å². The van der Waals surface area contributed by atoms with Crippen LogP contribution < -0.4 is 5.32 Å². The molecule has 0 atom stereocenters. The highest BCUT2D eigenvalue weighted by Gasteiger charge is 2.37. The predicted molar refractivity (Wildman–Crippen MR) is 86.1 cm³/mol. The van der Waals surface area contributed by atoms with Crippen molar-refractivity contribution < 1.29 is 4.79 Å². The zero-order chi connectivity index (χ0) is 14.9. The van der Waals surface area contributed by atoms with Crippen LogP contribution in [0.15, 0.2) is 18.2 Å². The molecule has 0 unspecified atom stereocenters. The van der Waals surface area contributed by atoms with Crippen molar-refractivity contribution in [3.8, 4) is 0 Å². The van der Waals surface area contributed by atoms with Crippen LogP contribution in [0.25, 0.3) is 0 Å². The van der Waals surface area contributed by atoms with E-state index in [0.29, 0.717) is 21.0 Å². The first-order chi connectivity index (χ1) is 10.1. The van der Waals surface area contributed by atoms with Crippen LogP contribution in [0, 0.1) is 5.41 Å². The maximum Gasteiger partial charge on any atom is 0.255 e. The zero-order valence-corrected chi connectivity index (χ0v) is 13.5. The molecule has 2 aliphatic rings. The molecule has 1 N–H and O–H groups in total. The summed E-state index contributed by atoms with van der Waals surface area (Å²) in [6.07, 6.45) is 4.65. The average molecular weight is 327 g/mol. The average Bonchev–Trinajstić information content (AvgIpc) is 2.51. The van der Waals surface area contributed by atoms with E-state index in [4.69, 9.17) is 23.2 Å². The van der Waals surface area contributed by atoms with Crippen molar-refractivity contribution in [2.24, 2.45) is 5.41 Å². The number of hydrogen-bond acceptors (Lipinski definition) is 2. The minimum atomic E-state index is 0.00582. The smallest absolute Gasteiger partial charge is 0.255 e. The number of halogens is 2. The number of rotatable bonds is 1. The number of hydrogen-bond donors (Lipinski definition) is 1. The van der Waals surface area contributed by atoms with E-state index in [1.807, 2.05) is 4.90 Å². The summed E-state index contributed by atoms with van der Waals surface area (Å²) >= 11 is 12.1. The van der Waals surface area contributed by atoms with Gasteiger partial charge >= 0.3 is 0 Å². The van der Waals surface area contributed by atoms with E-state index in [-0.39, 0.29) is 5.91 Å². The fourth-order valence-electron chi connectivity index (χ4n) is 3.47. The van der Waals surface area contributed by atoms with Gasteiger partial charge in [0.25, 0.3) is 5.91 Å². The molecule has 0 radical (unpaired) electrons. The van der Waals surface area contributed by atoms with E-state index in [2.05, 4.69) is 5.32 Å². The maximum atomic E-state index is 12.6. The van der Waals surface area contributed by atoms with Crippen LogP contribution in [0.1, 0.15) is 36.0 Å². The third-order valence-corrected chi connectivity index (χ3v) is 5.50. The Morgan fingerprint density at radius 1 is 1.10 bits per heavy atom. The van der Waals surface area contributed by atoms with Gasteiger partial charge in [0.2, 0.25) is 0 Å². The number of likely N-dealkylation sites (tertiary alicyclic amines) is 1. The number of carbonyl (C=O) groups is 1. The molecular weight excluding hydrogens is 307 g/mol. The van der Waals surface area contributed by atoms with Crippen LogP contribution in [-0.2, 0) is 0 Å². The van der Waals surface area contributed by atoms with Crippen LogP contribution in [0.5, 0.6) is 0 Å². The first-order valence-corrected chi connectivity index (χ1v) is 8.30. The molecule has 2 aliphatic heterocycles. The highest BCUT2D eigenvalue weighted by molar-refractivity contribution is 6.35. The van der Waals surface area contributed by atoms with Crippen LogP contribution >= 0.6 is 23.2 Å². The maximum absolute atomic E-state index is 12.6. The molecule has 0 aliphatic carbocycles. The molecule has 5 heteroatoms. The molecule has 3 rings (SSSR count). The fourth-order valence-corrected chi connectivity index (χ4v) is 3.84. The van der Waals surface area contributed by atoms with Gasteiger partial charge in [-0.15, -0.1) is 0 Å². The van der Waals surface area contributed by atoms with Crippen LogP contribution in [0.2, 0.25) is 10.0 Å². The van der Waals surface area contributed by atoms with Crippen LogP contribution in [-0.4, -0.2) is 37.0 Å². The SMILES string of the molecule is O=C(c1cc(Cl)ccc1Cl)N1CCC2(CCNCC2)CC1. The Balaban J connectivity index is 1.69. The zero-order valence-electron chi connectivity index (χ0n) is 12.0. The van der Waals surface area contributed by atoms with Gasteiger partial charge in [0.1, 0.15) is 0 Å². The lowest BCUT2D eigenvalue weighted by molar-refractivity contribution is 0.0496. The van der Waals surface area contributed by atoms with Crippen LogP contribution in [0.4, 0.5) is 0 Å². The lowest BCUT2D eigenvalue weighted by Gasteiger charge is -2.44. The van der Waals surface area contributed by atoms with Crippen molar-refractivity contribution in [2.75, 3.05) is 26.2 Å². The molecule has 1 aromatic carbocycles. The molecule has 1 amide bonds. The molecule has 0 saturated carbocycles. The second kappa shape index (κ2) is 6.15. The van der Waals surface area contributed by atoms with Crippen molar-refractivity contribution in [2.45, 2.75) is 25.7 Å². The summed E-state index contributed by atoms with van der Waals surface area (Å²) in [6.45, 7) is 3.85. The summed E-state index contributed by atoms with van der Waals surface area (Å²) in [5, 5.41) is 4.45. The number of amides is 1. The molecule has 0 aromatic heterocycles. The molecule has 3 nitrogen and oxygen atoms in total. The Hall–Kier alpha value is -0.770. The minimum Gasteiger partial charge on any atom is -0.339 e. The van der Waals surface area contributed by atoms with Gasteiger partial charge in [-0.1, -0.05) is 23.2 Å². The summed E-state index contributed by atoms with van der Waals surface area (Å²) in [5.41, 5.74) is 0.964. The molecule has 2 fully saturated rings. The Bertz CT molecular complexity index is 531. The molecule has 1 spiro atoms. The fraction of sp³-hybridized carbons (Fsp3) is 0.562. The van der Waals surface area contributed by atoms with Gasteiger partial charge < -0.3 is 10.2 Å². The second-order valence-electron chi connectivity index (χ2n) is 6.17. The van der Waals surface area contributed by atoms with Gasteiger partial charge in [0.15, 0.2) is 0 Å². The van der Waals surface area contributed by atoms with E-state index in [0.717, 1.165) is 39.0 Å².